The average molecular weight is 160 g/mol. The molecule has 0 aromatic carbocycles. The molecule has 0 aliphatic rings. The third-order valence-electron chi connectivity index (χ3n) is 1.92. The molecule has 0 spiro atoms. The predicted molar refractivity (Wildman–Crippen MR) is 47.7 cm³/mol. The summed E-state index contributed by atoms with van der Waals surface area (Å²) in [6.07, 6.45) is -0.264. The summed E-state index contributed by atoms with van der Waals surface area (Å²) >= 11 is 0. The zero-order valence-electron chi connectivity index (χ0n) is 8.20. The normalized spacial score (nSPS) is 17.5. The highest BCUT2D eigenvalue weighted by Gasteiger charge is 2.15. The van der Waals surface area contributed by atoms with Gasteiger partial charge in [0.1, 0.15) is 0 Å². The molecule has 0 aliphatic carbocycles. The van der Waals surface area contributed by atoms with Gasteiger partial charge in [0.25, 0.3) is 0 Å². The molecule has 2 atom stereocenters. The first-order valence-electron chi connectivity index (χ1n) is 3.94. The SMILES string of the molecule is CC(C(O)CN(C)C)N(C)C. The van der Waals surface area contributed by atoms with E-state index in [1.807, 2.05) is 44.9 Å². The molecule has 0 aromatic rings. The van der Waals surface area contributed by atoms with Crippen LogP contribution in [0.2, 0.25) is 0 Å². The molecule has 0 saturated carbocycles. The molecular weight excluding hydrogens is 140 g/mol. The van der Waals surface area contributed by atoms with Crippen molar-refractivity contribution in [1.29, 1.82) is 0 Å². The van der Waals surface area contributed by atoms with Crippen molar-refractivity contribution in [1.82, 2.24) is 9.80 Å². The van der Waals surface area contributed by atoms with E-state index in [0.717, 1.165) is 6.54 Å². The van der Waals surface area contributed by atoms with E-state index < -0.39 is 0 Å². The van der Waals surface area contributed by atoms with Crippen LogP contribution in [-0.2, 0) is 0 Å². The van der Waals surface area contributed by atoms with Gasteiger partial charge in [-0.05, 0) is 35.1 Å². The van der Waals surface area contributed by atoms with Gasteiger partial charge in [0.15, 0.2) is 0 Å². The second kappa shape index (κ2) is 4.70. The molecule has 0 aromatic heterocycles. The molecule has 68 valence electrons. The van der Waals surface area contributed by atoms with E-state index in [9.17, 15) is 5.11 Å². The molecule has 0 radical (unpaired) electrons. The maximum Gasteiger partial charge on any atom is 0.0818 e. The van der Waals surface area contributed by atoms with E-state index >= 15 is 0 Å². The van der Waals surface area contributed by atoms with Gasteiger partial charge in [-0.2, -0.15) is 0 Å². The average Bonchev–Trinajstić information content (AvgIpc) is 1.84. The Morgan fingerprint density at radius 1 is 1.18 bits per heavy atom. The minimum atomic E-state index is -0.264. The van der Waals surface area contributed by atoms with Gasteiger partial charge in [-0.15, -0.1) is 0 Å². The summed E-state index contributed by atoms with van der Waals surface area (Å²) in [5, 5.41) is 9.58. The standard InChI is InChI=1S/C8H20N2O/c1-7(10(4)5)8(11)6-9(2)3/h7-8,11H,6H2,1-5H3. The number of nitrogens with zero attached hydrogens (tertiary/aromatic N) is 2. The van der Waals surface area contributed by atoms with Crippen LogP contribution in [0, 0.1) is 0 Å². The van der Waals surface area contributed by atoms with Crippen LogP contribution in [0.1, 0.15) is 6.92 Å². The fraction of sp³-hybridized carbons (Fsp3) is 1.00. The van der Waals surface area contributed by atoms with E-state index in [0.29, 0.717) is 0 Å². The van der Waals surface area contributed by atoms with Gasteiger partial charge in [0.05, 0.1) is 6.10 Å². The largest absolute Gasteiger partial charge is 0.390 e. The zero-order chi connectivity index (χ0) is 9.02. The summed E-state index contributed by atoms with van der Waals surface area (Å²) in [7, 11) is 7.88. The Bertz CT molecular complexity index is 104. The van der Waals surface area contributed by atoms with Gasteiger partial charge in [0.2, 0.25) is 0 Å². The number of hydrogen-bond acceptors (Lipinski definition) is 3. The molecule has 0 rings (SSSR count). The predicted octanol–water partition coefficient (Wildman–Crippen LogP) is -0.141. The van der Waals surface area contributed by atoms with E-state index in [1.165, 1.54) is 0 Å². The molecule has 3 nitrogen and oxygen atoms in total. The molecule has 0 amide bonds. The second-order valence-corrected chi connectivity index (χ2v) is 3.53. The topological polar surface area (TPSA) is 26.7 Å². The van der Waals surface area contributed by atoms with Gasteiger partial charge >= 0.3 is 0 Å². The van der Waals surface area contributed by atoms with E-state index in [2.05, 4.69) is 0 Å². The smallest absolute Gasteiger partial charge is 0.0818 e. The van der Waals surface area contributed by atoms with Crippen LogP contribution in [-0.4, -0.2) is 61.8 Å². The van der Waals surface area contributed by atoms with Crippen molar-refractivity contribution in [2.24, 2.45) is 0 Å². The number of aliphatic hydroxyl groups excluding tert-OH is 1. The van der Waals surface area contributed by atoms with Crippen molar-refractivity contribution in [2.45, 2.75) is 19.1 Å². The van der Waals surface area contributed by atoms with Crippen molar-refractivity contribution < 1.29 is 5.11 Å². The summed E-state index contributed by atoms with van der Waals surface area (Å²) < 4.78 is 0. The third-order valence-corrected chi connectivity index (χ3v) is 1.92. The van der Waals surface area contributed by atoms with Crippen LogP contribution in [0.15, 0.2) is 0 Å². The summed E-state index contributed by atoms with van der Waals surface area (Å²) in [5.74, 6) is 0. The Morgan fingerprint density at radius 3 is 1.91 bits per heavy atom. The molecule has 0 aliphatic heterocycles. The van der Waals surface area contributed by atoms with Crippen LogP contribution in [0.3, 0.4) is 0 Å². The fourth-order valence-electron chi connectivity index (χ4n) is 0.871. The molecule has 1 N–H and O–H groups in total. The molecule has 11 heavy (non-hydrogen) atoms. The first-order chi connectivity index (χ1) is 4.95. The Morgan fingerprint density at radius 2 is 1.64 bits per heavy atom. The number of likely N-dealkylation sites (N-methyl/N-ethyl adjacent to an activating group) is 2. The highest BCUT2D eigenvalue weighted by molar-refractivity contribution is 4.71. The molecule has 0 heterocycles. The summed E-state index contributed by atoms with van der Waals surface area (Å²) in [6.45, 7) is 2.74. The van der Waals surface area contributed by atoms with Crippen molar-refractivity contribution in [3.05, 3.63) is 0 Å². The molecular formula is C8H20N2O. The summed E-state index contributed by atoms with van der Waals surface area (Å²) in [4.78, 5) is 4.01. The monoisotopic (exact) mass is 160 g/mol. The van der Waals surface area contributed by atoms with Crippen LogP contribution < -0.4 is 0 Å². The molecule has 0 fully saturated rings. The minimum absolute atomic E-state index is 0.220. The van der Waals surface area contributed by atoms with Crippen LogP contribution in [0.25, 0.3) is 0 Å². The maximum absolute atomic E-state index is 9.58. The molecule has 0 saturated heterocycles. The van der Waals surface area contributed by atoms with Gasteiger partial charge in [-0.25, -0.2) is 0 Å². The van der Waals surface area contributed by atoms with E-state index in [-0.39, 0.29) is 12.1 Å². The van der Waals surface area contributed by atoms with Crippen LogP contribution >= 0.6 is 0 Å². The highest BCUT2D eigenvalue weighted by Crippen LogP contribution is 1.99. The lowest BCUT2D eigenvalue weighted by Gasteiger charge is -2.27. The Hall–Kier alpha value is -0.120. The lowest BCUT2D eigenvalue weighted by atomic mass is 10.1. The van der Waals surface area contributed by atoms with Gasteiger partial charge < -0.3 is 14.9 Å². The van der Waals surface area contributed by atoms with E-state index in [1.54, 1.807) is 0 Å². The Kier molecular flexibility index (Phi) is 4.65. The summed E-state index contributed by atoms with van der Waals surface area (Å²) in [6, 6.07) is 0.220. The van der Waals surface area contributed by atoms with Crippen LogP contribution in [0.4, 0.5) is 0 Å². The lowest BCUT2D eigenvalue weighted by Crippen LogP contribution is -2.42. The summed E-state index contributed by atoms with van der Waals surface area (Å²) in [5.41, 5.74) is 0. The third kappa shape index (κ3) is 4.35. The molecule has 2 unspecified atom stereocenters. The number of hydrogen-bond donors (Lipinski definition) is 1. The quantitative estimate of drug-likeness (QED) is 0.620. The van der Waals surface area contributed by atoms with Crippen molar-refractivity contribution in [2.75, 3.05) is 34.7 Å². The minimum Gasteiger partial charge on any atom is -0.390 e. The van der Waals surface area contributed by atoms with Gasteiger partial charge in [-0.1, -0.05) is 0 Å². The lowest BCUT2D eigenvalue weighted by molar-refractivity contribution is 0.0635. The fourth-order valence-corrected chi connectivity index (χ4v) is 0.871. The van der Waals surface area contributed by atoms with Crippen molar-refractivity contribution in [3.63, 3.8) is 0 Å². The van der Waals surface area contributed by atoms with E-state index in [4.69, 9.17) is 0 Å². The second-order valence-electron chi connectivity index (χ2n) is 3.53. The van der Waals surface area contributed by atoms with Crippen molar-refractivity contribution in [3.8, 4) is 0 Å². The Labute approximate surface area is 69.6 Å². The first kappa shape index (κ1) is 10.9. The maximum atomic E-state index is 9.58. The van der Waals surface area contributed by atoms with Gasteiger partial charge in [0, 0.05) is 12.6 Å². The first-order valence-corrected chi connectivity index (χ1v) is 3.94. The highest BCUT2D eigenvalue weighted by atomic mass is 16.3. The number of aliphatic hydroxyl groups is 1. The van der Waals surface area contributed by atoms with Crippen molar-refractivity contribution >= 4 is 0 Å². The Balaban J connectivity index is 3.73. The zero-order valence-corrected chi connectivity index (χ0v) is 8.20. The van der Waals surface area contributed by atoms with Crippen LogP contribution in [0.5, 0.6) is 0 Å². The number of rotatable bonds is 4. The van der Waals surface area contributed by atoms with Gasteiger partial charge in [-0.3, -0.25) is 0 Å². The molecule has 3 heteroatoms. The molecule has 0 bridgehead atoms.